The van der Waals surface area contributed by atoms with Gasteiger partial charge in [0.05, 0.1) is 21.5 Å². The highest BCUT2D eigenvalue weighted by Gasteiger charge is 2.19. The van der Waals surface area contributed by atoms with E-state index in [1.807, 2.05) is 12.1 Å². The van der Waals surface area contributed by atoms with E-state index in [4.69, 9.17) is 16.3 Å². The SMILES string of the molecule is Clc1ccc(-c2csc(C3CNCCO3)n2)s1. The quantitative estimate of drug-likeness (QED) is 0.921. The van der Waals surface area contributed by atoms with Crippen molar-refractivity contribution in [2.75, 3.05) is 19.7 Å². The second kappa shape index (κ2) is 5.04. The zero-order valence-electron chi connectivity index (χ0n) is 8.98. The van der Waals surface area contributed by atoms with E-state index in [9.17, 15) is 0 Å². The van der Waals surface area contributed by atoms with E-state index in [1.54, 1.807) is 22.7 Å². The fourth-order valence-corrected chi connectivity index (χ4v) is 3.67. The van der Waals surface area contributed by atoms with Crippen molar-refractivity contribution in [3.63, 3.8) is 0 Å². The van der Waals surface area contributed by atoms with E-state index >= 15 is 0 Å². The van der Waals surface area contributed by atoms with Crippen molar-refractivity contribution < 1.29 is 4.74 Å². The second-order valence-corrected chi connectivity index (χ2v) is 6.34. The zero-order chi connectivity index (χ0) is 11.7. The predicted octanol–water partition coefficient (Wildman–Crippen LogP) is 3.19. The topological polar surface area (TPSA) is 34.1 Å². The molecule has 3 nitrogen and oxygen atoms in total. The average Bonchev–Trinajstić information content (AvgIpc) is 2.98. The van der Waals surface area contributed by atoms with E-state index in [2.05, 4.69) is 15.7 Å². The number of halogens is 1. The van der Waals surface area contributed by atoms with Crippen LogP contribution in [-0.2, 0) is 4.74 Å². The number of hydrogen-bond donors (Lipinski definition) is 1. The van der Waals surface area contributed by atoms with Gasteiger partial charge in [0.2, 0.25) is 0 Å². The lowest BCUT2D eigenvalue weighted by Gasteiger charge is -2.21. The third kappa shape index (κ3) is 2.53. The van der Waals surface area contributed by atoms with Gasteiger partial charge in [-0.05, 0) is 12.1 Å². The Balaban J connectivity index is 1.82. The third-order valence-corrected chi connectivity index (χ3v) is 4.74. The van der Waals surface area contributed by atoms with E-state index in [0.717, 1.165) is 39.6 Å². The second-order valence-electron chi connectivity index (χ2n) is 3.74. The number of rotatable bonds is 2. The van der Waals surface area contributed by atoms with Crippen molar-refractivity contribution in [1.82, 2.24) is 10.3 Å². The number of thiophene rings is 1. The molecule has 1 aliphatic heterocycles. The normalized spacial score (nSPS) is 20.6. The Kier molecular flexibility index (Phi) is 3.44. The summed E-state index contributed by atoms with van der Waals surface area (Å²) in [5.74, 6) is 0. The molecular formula is C11H11ClN2OS2. The molecule has 2 aromatic rings. The molecule has 0 saturated carbocycles. The summed E-state index contributed by atoms with van der Waals surface area (Å²) in [5, 5.41) is 6.41. The predicted molar refractivity (Wildman–Crippen MR) is 72.0 cm³/mol. The van der Waals surface area contributed by atoms with E-state index in [-0.39, 0.29) is 6.10 Å². The van der Waals surface area contributed by atoms with E-state index in [0.29, 0.717) is 0 Å². The van der Waals surface area contributed by atoms with Crippen molar-refractivity contribution in [3.05, 3.63) is 26.9 Å². The number of thiazole rings is 1. The molecule has 0 radical (unpaired) electrons. The fraction of sp³-hybridized carbons (Fsp3) is 0.364. The first-order valence-corrected chi connectivity index (χ1v) is 7.44. The summed E-state index contributed by atoms with van der Waals surface area (Å²) < 4.78 is 6.48. The minimum atomic E-state index is 0.0953. The summed E-state index contributed by atoms with van der Waals surface area (Å²) in [5.41, 5.74) is 0.996. The fourth-order valence-electron chi connectivity index (χ4n) is 1.72. The molecule has 0 amide bonds. The van der Waals surface area contributed by atoms with Gasteiger partial charge in [0, 0.05) is 18.5 Å². The molecule has 1 aliphatic rings. The largest absolute Gasteiger partial charge is 0.368 e. The minimum absolute atomic E-state index is 0.0953. The molecule has 1 unspecified atom stereocenters. The molecule has 1 N–H and O–H groups in total. The van der Waals surface area contributed by atoms with Crippen LogP contribution in [0.1, 0.15) is 11.1 Å². The Hall–Kier alpha value is -0.460. The van der Waals surface area contributed by atoms with Gasteiger partial charge in [-0.25, -0.2) is 4.98 Å². The molecule has 0 bridgehead atoms. The molecule has 6 heteroatoms. The van der Waals surface area contributed by atoms with Gasteiger partial charge in [0.1, 0.15) is 11.1 Å². The third-order valence-electron chi connectivity index (χ3n) is 2.55. The van der Waals surface area contributed by atoms with Crippen LogP contribution in [0.4, 0.5) is 0 Å². The highest BCUT2D eigenvalue weighted by molar-refractivity contribution is 7.19. The molecule has 3 heterocycles. The molecular weight excluding hydrogens is 276 g/mol. The van der Waals surface area contributed by atoms with Crippen molar-refractivity contribution >= 4 is 34.3 Å². The van der Waals surface area contributed by atoms with Crippen LogP contribution in [-0.4, -0.2) is 24.7 Å². The Morgan fingerprint density at radius 3 is 3.12 bits per heavy atom. The van der Waals surface area contributed by atoms with Crippen LogP contribution in [0.25, 0.3) is 10.6 Å². The number of hydrogen-bond acceptors (Lipinski definition) is 5. The van der Waals surface area contributed by atoms with Gasteiger partial charge in [-0.3, -0.25) is 0 Å². The van der Waals surface area contributed by atoms with Gasteiger partial charge in [-0.2, -0.15) is 0 Å². The van der Waals surface area contributed by atoms with Crippen LogP contribution in [0, 0.1) is 0 Å². The Labute approximate surface area is 112 Å². The van der Waals surface area contributed by atoms with E-state index < -0.39 is 0 Å². The number of morpholine rings is 1. The van der Waals surface area contributed by atoms with Crippen molar-refractivity contribution in [2.24, 2.45) is 0 Å². The molecule has 90 valence electrons. The van der Waals surface area contributed by atoms with Crippen LogP contribution in [0.3, 0.4) is 0 Å². The van der Waals surface area contributed by atoms with Gasteiger partial charge in [0.25, 0.3) is 0 Å². The van der Waals surface area contributed by atoms with Gasteiger partial charge < -0.3 is 10.1 Å². The maximum Gasteiger partial charge on any atom is 0.124 e. The molecule has 1 fully saturated rings. The lowest BCUT2D eigenvalue weighted by atomic mass is 10.3. The van der Waals surface area contributed by atoms with Crippen molar-refractivity contribution in [1.29, 1.82) is 0 Å². The first kappa shape index (κ1) is 11.6. The Morgan fingerprint density at radius 2 is 2.41 bits per heavy atom. The molecule has 3 rings (SSSR count). The maximum atomic E-state index is 5.93. The van der Waals surface area contributed by atoms with Crippen LogP contribution in [0.2, 0.25) is 4.34 Å². The Bertz CT molecular complexity index is 505. The van der Waals surface area contributed by atoms with Crippen LogP contribution in [0.15, 0.2) is 17.5 Å². The molecule has 1 saturated heterocycles. The van der Waals surface area contributed by atoms with Crippen molar-refractivity contribution in [2.45, 2.75) is 6.10 Å². The van der Waals surface area contributed by atoms with Gasteiger partial charge >= 0.3 is 0 Å². The number of nitrogens with one attached hydrogen (secondary N) is 1. The maximum absolute atomic E-state index is 5.93. The minimum Gasteiger partial charge on any atom is -0.368 e. The van der Waals surface area contributed by atoms with Gasteiger partial charge in [-0.1, -0.05) is 11.6 Å². The molecule has 0 spiro atoms. The summed E-state index contributed by atoms with van der Waals surface area (Å²) in [4.78, 5) is 5.74. The van der Waals surface area contributed by atoms with Crippen LogP contribution in [0.5, 0.6) is 0 Å². The first-order chi connectivity index (χ1) is 8.33. The summed E-state index contributed by atoms with van der Waals surface area (Å²) in [7, 11) is 0. The van der Waals surface area contributed by atoms with Gasteiger partial charge in [-0.15, -0.1) is 22.7 Å². The summed E-state index contributed by atoms with van der Waals surface area (Å²) in [6, 6.07) is 3.91. The number of nitrogens with zero attached hydrogens (tertiary/aromatic N) is 1. The summed E-state index contributed by atoms with van der Waals surface area (Å²) in [6.07, 6.45) is 0.0953. The smallest absolute Gasteiger partial charge is 0.124 e. The van der Waals surface area contributed by atoms with Gasteiger partial charge in [0.15, 0.2) is 0 Å². The number of aromatic nitrogens is 1. The summed E-state index contributed by atoms with van der Waals surface area (Å²) in [6.45, 7) is 2.53. The average molecular weight is 287 g/mol. The molecule has 1 atom stereocenters. The molecule has 0 aromatic carbocycles. The first-order valence-electron chi connectivity index (χ1n) is 5.36. The van der Waals surface area contributed by atoms with Crippen LogP contribution >= 0.6 is 34.3 Å². The standard InChI is InChI=1S/C11H11ClN2OS2/c12-10-2-1-9(17-10)7-6-16-11(14-7)8-5-13-3-4-15-8/h1-2,6,8,13H,3-5H2. The molecule has 2 aromatic heterocycles. The highest BCUT2D eigenvalue weighted by Crippen LogP contribution is 2.33. The molecule has 17 heavy (non-hydrogen) atoms. The Morgan fingerprint density at radius 1 is 1.47 bits per heavy atom. The lowest BCUT2D eigenvalue weighted by molar-refractivity contribution is 0.0276. The lowest BCUT2D eigenvalue weighted by Crippen LogP contribution is -2.33. The van der Waals surface area contributed by atoms with E-state index in [1.165, 1.54) is 0 Å². The monoisotopic (exact) mass is 286 g/mol. The molecule has 0 aliphatic carbocycles. The van der Waals surface area contributed by atoms with Crippen molar-refractivity contribution in [3.8, 4) is 10.6 Å². The van der Waals surface area contributed by atoms with Crippen LogP contribution < -0.4 is 5.32 Å². The summed E-state index contributed by atoms with van der Waals surface area (Å²) >= 11 is 9.13. The highest BCUT2D eigenvalue weighted by atomic mass is 35.5. The number of ether oxygens (including phenoxy) is 1. The zero-order valence-corrected chi connectivity index (χ0v) is 11.4.